The number of halogens is 1. The van der Waals surface area contributed by atoms with E-state index in [1.807, 2.05) is 50.2 Å². The van der Waals surface area contributed by atoms with Crippen molar-refractivity contribution < 1.29 is 5.11 Å². The van der Waals surface area contributed by atoms with Gasteiger partial charge >= 0.3 is 0 Å². The molecule has 4 heteroatoms. The number of rotatable bonds is 5. The quantitative estimate of drug-likeness (QED) is 0.474. The Morgan fingerprint density at radius 3 is 2.46 bits per heavy atom. The lowest BCUT2D eigenvalue weighted by Crippen LogP contribution is -2.04. The van der Waals surface area contributed by atoms with Crippen molar-refractivity contribution in [2.75, 3.05) is 0 Å². The van der Waals surface area contributed by atoms with Crippen LogP contribution in [0.15, 0.2) is 60.7 Å². The topological polar surface area (TPSA) is 38.1 Å². The fraction of sp³-hybridized carbons (Fsp3) is 0.208. The molecule has 0 bridgehead atoms. The maximum absolute atomic E-state index is 9.54. The number of aliphatic hydroxyl groups excluding tert-OH is 1. The predicted octanol–water partition coefficient (Wildman–Crippen LogP) is 5.71. The molecule has 0 spiro atoms. The van der Waals surface area contributed by atoms with Crippen LogP contribution in [0.3, 0.4) is 0 Å². The van der Waals surface area contributed by atoms with E-state index in [0.717, 1.165) is 57.1 Å². The Kier molecular flexibility index (Phi) is 5.21. The Balaban J connectivity index is 1.61. The van der Waals surface area contributed by atoms with Crippen molar-refractivity contribution in [2.45, 2.75) is 33.4 Å². The second-order valence-corrected chi connectivity index (χ2v) is 7.58. The van der Waals surface area contributed by atoms with E-state index in [9.17, 15) is 5.11 Å². The van der Waals surface area contributed by atoms with Gasteiger partial charge in [-0.25, -0.2) is 4.98 Å². The van der Waals surface area contributed by atoms with Crippen LogP contribution >= 0.6 is 11.6 Å². The number of aliphatic hydroxyl groups is 1. The number of aromatic nitrogens is 2. The molecule has 3 aromatic carbocycles. The van der Waals surface area contributed by atoms with Crippen LogP contribution in [0.5, 0.6) is 0 Å². The van der Waals surface area contributed by atoms with Crippen LogP contribution in [0, 0.1) is 13.8 Å². The van der Waals surface area contributed by atoms with Gasteiger partial charge < -0.3 is 9.67 Å². The van der Waals surface area contributed by atoms with Gasteiger partial charge in [0.1, 0.15) is 5.82 Å². The molecule has 0 amide bonds. The summed E-state index contributed by atoms with van der Waals surface area (Å²) in [5.74, 6) is 0.977. The Morgan fingerprint density at radius 1 is 0.964 bits per heavy atom. The lowest BCUT2D eigenvalue weighted by molar-refractivity contribution is 0.282. The molecular weight excluding hydrogens is 368 g/mol. The minimum atomic E-state index is 0.0355. The SMILES string of the molecule is Cc1cc(CO)cc2c1nc(C)n2CCc1ccc(-c2ccccc2)cc1Cl. The third kappa shape index (κ3) is 3.56. The molecule has 0 saturated carbocycles. The molecule has 0 aliphatic carbocycles. The van der Waals surface area contributed by atoms with Crippen molar-refractivity contribution in [3.8, 4) is 11.1 Å². The van der Waals surface area contributed by atoms with Gasteiger partial charge in [-0.15, -0.1) is 0 Å². The number of nitrogens with zero attached hydrogens (tertiary/aromatic N) is 2. The van der Waals surface area contributed by atoms with Crippen molar-refractivity contribution >= 4 is 22.6 Å². The van der Waals surface area contributed by atoms with Gasteiger partial charge in [-0.1, -0.05) is 60.1 Å². The monoisotopic (exact) mass is 390 g/mol. The molecule has 0 atom stereocenters. The molecule has 4 aromatic rings. The van der Waals surface area contributed by atoms with Crippen LogP contribution in [0.2, 0.25) is 5.02 Å². The molecule has 1 aromatic heterocycles. The first-order valence-electron chi connectivity index (χ1n) is 9.48. The fourth-order valence-corrected chi connectivity index (χ4v) is 4.02. The Morgan fingerprint density at radius 2 is 1.75 bits per heavy atom. The van der Waals surface area contributed by atoms with E-state index >= 15 is 0 Å². The molecule has 0 aliphatic rings. The third-order valence-corrected chi connectivity index (χ3v) is 5.59. The van der Waals surface area contributed by atoms with Crippen molar-refractivity contribution in [1.82, 2.24) is 9.55 Å². The highest BCUT2D eigenvalue weighted by Gasteiger charge is 2.12. The second kappa shape index (κ2) is 7.78. The summed E-state index contributed by atoms with van der Waals surface area (Å²) < 4.78 is 2.21. The highest BCUT2D eigenvalue weighted by atomic mass is 35.5. The fourth-order valence-electron chi connectivity index (χ4n) is 3.75. The lowest BCUT2D eigenvalue weighted by atomic mass is 10.0. The molecule has 0 radical (unpaired) electrons. The van der Waals surface area contributed by atoms with Crippen molar-refractivity contribution in [3.63, 3.8) is 0 Å². The number of hydrogen-bond donors (Lipinski definition) is 1. The highest BCUT2D eigenvalue weighted by molar-refractivity contribution is 6.31. The van der Waals surface area contributed by atoms with Gasteiger partial charge in [0.25, 0.3) is 0 Å². The Bertz CT molecular complexity index is 1130. The highest BCUT2D eigenvalue weighted by Crippen LogP contribution is 2.27. The van der Waals surface area contributed by atoms with Gasteiger partial charge in [-0.05, 0) is 60.2 Å². The zero-order chi connectivity index (χ0) is 19.7. The van der Waals surface area contributed by atoms with E-state index in [1.165, 1.54) is 5.56 Å². The summed E-state index contributed by atoms with van der Waals surface area (Å²) >= 11 is 6.59. The number of fused-ring (bicyclic) bond motifs is 1. The summed E-state index contributed by atoms with van der Waals surface area (Å²) in [5.41, 5.74) is 7.49. The van der Waals surface area contributed by atoms with E-state index in [1.54, 1.807) is 0 Å². The van der Waals surface area contributed by atoms with E-state index in [-0.39, 0.29) is 6.61 Å². The van der Waals surface area contributed by atoms with Crippen LogP contribution in [0.4, 0.5) is 0 Å². The van der Waals surface area contributed by atoms with Gasteiger partial charge in [-0.2, -0.15) is 0 Å². The smallest absolute Gasteiger partial charge is 0.106 e. The van der Waals surface area contributed by atoms with Gasteiger partial charge in [0.05, 0.1) is 17.6 Å². The number of hydrogen-bond acceptors (Lipinski definition) is 2. The molecule has 4 rings (SSSR count). The summed E-state index contributed by atoms with van der Waals surface area (Å²) in [6.07, 6.45) is 0.822. The van der Waals surface area contributed by atoms with Crippen LogP contribution < -0.4 is 0 Å². The zero-order valence-electron chi connectivity index (χ0n) is 16.1. The summed E-state index contributed by atoms with van der Waals surface area (Å²) in [6, 6.07) is 20.6. The maximum atomic E-state index is 9.54. The minimum Gasteiger partial charge on any atom is -0.392 e. The first kappa shape index (κ1) is 18.7. The van der Waals surface area contributed by atoms with E-state index in [4.69, 9.17) is 16.6 Å². The maximum Gasteiger partial charge on any atom is 0.106 e. The average Bonchev–Trinajstić information content (AvgIpc) is 3.03. The summed E-state index contributed by atoms with van der Waals surface area (Å²) in [6.45, 7) is 4.89. The molecule has 28 heavy (non-hydrogen) atoms. The number of imidazole rings is 1. The van der Waals surface area contributed by atoms with Crippen molar-refractivity contribution in [1.29, 1.82) is 0 Å². The molecule has 1 heterocycles. The number of aryl methyl sites for hydroxylation is 4. The van der Waals surface area contributed by atoms with E-state index < -0.39 is 0 Å². The molecule has 3 nitrogen and oxygen atoms in total. The van der Waals surface area contributed by atoms with Crippen LogP contribution in [0.1, 0.15) is 22.5 Å². The van der Waals surface area contributed by atoms with Crippen LogP contribution in [-0.2, 0) is 19.6 Å². The summed E-state index contributed by atoms with van der Waals surface area (Å²) in [7, 11) is 0. The molecule has 142 valence electrons. The minimum absolute atomic E-state index is 0.0355. The first-order valence-corrected chi connectivity index (χ1v) is 9.85. The van der Waals surface area contributed by atoms with E-state index in [0.29, 0.717) is 0 Å². The number of benzene rings is 3. The summed E-state index contributed by atoms with van der Waals surface area (Å²) in [5, 5.41) is 10.3. The van der Waals surface area contributed by atoms with Gasteiger partial charge in [0.2, 0.25) is 0 Å². The molecule has 0 fully saturated rings. The summed E-state index contributed by atoms with van der Waals surface area (Å²) in [4.78, 5) is 4.72. The van der Waals surface area contributed by atoms with Gasteiger partial charge in [-0.3, -0.25) is 0 Å². The standard InChI is InChI=1S/C24H23ClN2O/c1-16-12-18(15-28)13-23-24(16)26-17(2)27(23)11-10-20-8-9-21(14-22(20)25)19-6-4-3-5-7-19/h3-9,12-14,28H,10-11,15H2,1-2H3. The van der Waals surface area contributed by atoms with E-state index in [2.05, 4.69) is 28.8 Å². The predicted molar refractivity (Wildman–Crippen MR) is 116 cm³/mol. The third-order valence-electron chi connectivity index (χ3n) is 5.24. The average molecular weight is 391 g/mol. The van der Waals surface area contributed by atoms with Gasteiger partial charge in [0, 0.05) is 11.6 Å². The van der Waals surface area contributed by atoms with Gasteiger partial charge in [0.15, 0.2) is 0 Å². The van der Waals surface area contributed by atoms with Crippen LogP contribution in [0.25, 0.3) is 22.2 Å². The molecular formula is C24H23ClN2O. The molecule has 0 saturated heterocycles. The van der Waals surface area contributed by atoms with Crippen molar-refractivity contribution in [2.24, 2.45) is 0 Å². The lowest BCUT2D eigenvalue weighted by Gasteiger charge is -2.11. The Labute approximate surface area is 170 Å². The van der Waals surface area contributed by atoms with Crippen molar-refractivity contribution in [3.05, 3.63) is 88.2 Å². The molecule has 0 unspecified atom stereocenters. The molecule has 0 aliphatic heterocycles. The second-order valence-electron chi connectivity index (χ2n) is 7.17. The first-order chi connectivity index (χ1) is 13.6. The normalized spacial score (nSPS) is 11.3. The zero-order valence-corrected chi connectivity index (χ0v) is 16.9. The largest absolute Gasteiger partial charge is 0.392 e. The Hall–Kier alpha value is -2.62. The van der Waals surface area contributed by atoms with Crippen LogP contribution in [-0.4, -0.2) is 14.7 Å². The molecule has 1 N–H and O–H groups in total.